The van der Waals surface area contributed by atoms with Crippen LogP contribution in [-0.2, 0) is 4.79 Å². The number of rotatable bonds is 4. The van der Waals surface area contributed by atoms with Crippen LogP contribution in [0, 0.1) is 11.6 Å². The zero-order valence-electron chi connectivity index (χ0n) is 11.8. The lowest BCUT2D eigenvalue weighted by Crippen LogP contribution is -2.37. The van der Waals surface area contributed by atoms with Crippen molar-refractivity contribution in [2.45, 2.75) is 0 Å². The number of amides is 3. The second-order valence-corrected chi connectivity index (χ2v) is 5.73. The molecule has 1 aliphatic rings. The summed E-state index contributed by atoms with van der Waals surface area (Å²) in [4.78, 5) is 30.7. The molecule has 120 valence electrons. The van der Waals surface area contributed by atoms with Gasteiger partial charge in [-0.2, -0.15) is 0 Å². The predicted octanol–water partition coefficient (Wildman–Crippen LogP) is 2.30. The Bertz CT molecular complexity index is 738. The Labute approximate surface area is 134 Å². The van der Waals surface area contributed by atoms with Gasteiger partial charge in [0.1, 0.15) is 6.54 Å². The Morgan fingerprint density at radius 3 is 2.83 bits per heavy atom. The van der Waals surface area contributed by atoms with Crippen molar-refractivity contribution < 1.29 is 18.4 Å². The Balaban J connectivity index is 1.64. The molecule has 2 heterocycles. The first-order chi connectivity index (χ1) is 11.0. The van der Waals surface area contributed by atoms with Crippen LogP contribution in [0.4, 0.5) is 24.4 Å². The summed E-state index contributed by atoms with van der Waals surface area (Å²) in [5.74, 6) is -2.35. The zero-order chi connectivity index (χ0) is 16.4. The van der Waals surface area contributed by atoms with Crippen LogP contribution in [0.1, 0.15) is 0 Å². The Morgan fingerprint density at radius 1 is 1.30 bits per heavy atom. The molecule has 6 nitrogen and oxygen atoms in total. The van der Waals surface area contributed by atoms with Crippen molar-refractivity contribution in [1.82, 2.24) is 9.88 Å². The second-order valence-electron chi connectivity index (χ2n) is 4.84. The highest BCUT2D eigenvalue weighted by Gasteiger charge is 2.31. The summed E-state index contributed by atoms with van der Waals surface area (Å²) in [5, 5.41) is 4.77. The van der Waals surface area contributed by atoms with Gasteiger partial charge in [-0.05, 0) is 12.1 Å². The number of aromatic nitrogens is 1. The van der Waals surface area contributed by atoms with Crippen molar-refractivity contribution in [1.29, 1.82) is 0 Å². The third-order valence-electron chi connectivity index (χ3n) is 3.32. The zero-order valence-corrected chi connectivity index (χ0v) is 12.6. The number of hydrogen-bond donors (Lipinski definition) is 1. The predicted molar refractivity (Wildman–Crippen MR) is 81.4 cm³/mol. The van der Waals surface area contributed by atoms with Gasteiger partial charge in [-0.3, -0.25) is 9.69 Å². The lowest BCUT2D eigenvalue weighted by molar-refractivity contribution is -0.116. The largest absolute Gasteiger partial charge is 0.325 e. The third kappa shape index (κ3) is 3.29. The van der Waals surface area contributed by atoms with E-state index in [-0.39, 0.29) is 18.1 Å². The van der Waals surface area contributed by atoms with Gasteiger partial charge in [0.2, 0.25) is 5.91 Å². The molecule has 3 rings (SSSR count). The van der Waals surface area contributed by atoms with Gasteiger partial charge in [-0.1, -0.05) is 0 Å². The maximum absolute atomic E-state index is 13.3. The maximum Gasteiger partial charge on any atom is 0.325 e. The molecule has 23 heavy (non-hydrogen) atoms. The number of carbonyl (C=O) groups is 2. The molecule has 0 unspecified atom stereocenters. The summed E-state index contributed by atoms with van der Waals surface area (Å²) in [6.07, 6.45) is 1.56. The molecule has 1 aromatic carbocycles. The number of thiazole rings is 1. The van der Waals surface area contributed by atoms with Gasteiger partial charge in [0.15, 0.2) is 16.8 Å². The SMILES string of the molecule is O=C(CN1CCN(c2ccc(F)c(F)c2)C1=O)Nc1nccs1. The lowest BCUT2D eigenvalue weighted by atomic mass is 10.3. The highest BCUT2D eigenvalue weighted by molar-refractivity contribution is 7.13. The van der Waals surface area contributed by atoms with Crippen molar-refractivity contribution in [2.24, 2.45) is 0 Å². The normalized spacial score (nSPS) is 14.4. The van der Waals surface area contributed by atoms with Gasteiger partial charge in [-0.25, -0.2) is 18.6 Å². The summed E-state index contributed by atoms with van der Waals surface area (Å²) >= 11 is 1.28. The van der Waals surface area contributed by atoms with E-state index in [9.17, 15) is 18.4 Å². The van der Waals surface area contributed by atoms with E-state index in [2.05, 4.69) is 10.3 Å². The smallest absolute Gasteiger partial charge is 0.313 e. The highest BCUT2D eigenvalue weighted by atomic mass is 32.1. The van der Waals surface area contributed by atoms with E-state index < -0.39 is 17.7 Å². The van der Waals surface area contributed by atoms with Crippen molar-refractivity contribution in [2.75, 3.05) is 29.9 Å². The summed E-state index contributed by atoms with van der Waals surface area (Å²) in [6, 6.07) is 2.84. The van der Waals surface area contributed by atoms with E-state index >= 15 is 0 Å². The van der Waals surface area contributed by atoms with Crippen molar-refractivity contribution >= 4 is 34.1 Å². The number of hydrogen-bond acceptors (Lipinski definition) is 4. The molecule has 3 amide bonds. The number of nitrogens with zero attached hydrogens (tertiary/aromatic N) is 3. The van der Waals surface area contributed by atoms with Gasteiger partial charge in [0.05, 0.1) is 0 Å². The van der Waals surface area contributed by atoms with Crippen LogP contribution in [-0.4, -0.2) is 41.5 Å². The second kappa shape index (κ2) is 6.29. The average molecular weight is 338 g/mol. The molecule has 0 aliphatic carbocycles. The van der Waals surface area contributed by atoms with Crippen LogP contribution in [0.15, 0.2) is 29.8 Å². The average Bonchev–Trinajstić information content (AvgIpc) is 3.13. The first kappa shape index (κ1) is 15.3. The number of anilines is 2. The van der Waals surface area contributed by atoms with Crippen molar-refractivity contribution in [3.8, 4) is 0 Å². The molecule has 0 atom stereocenters. The summed E-state index contributed by atoms with van der Waals surface area (Å²) in [7, 11) is 0. The van der Waals surface area contributed by atoms with Crippen molar-refractivity contribution in [3.63, 3.8) is 0 Å². The van der Waals surface area contributed by atoms with E-state index in [1.54, 1.807) is 11.6 Å². The third-order valence-corrected chi connectivity index (χ3v) is 4.01. The molecule has 1 saturated heterocycles. The molecule has 0 spiro atoms. The van der Waals surface area contributed by atoms with Gasteiger partial charge in [0.25, 0.3) is 0 Å². The summed E-state index contributed by atoms with van der Waals surface area (Å²) in [6.45, 7) is 0.496. The van der Waals surface area contributed by atoms with Gasteiger partial charge in [-0.15, -0.1) is 11.3 Å². The van der Waals surface area contributed by atoms with Crippen LogP contribution in [0.5, 0.6) is 0 Å². The highest BCUT2D eigenvalue weighted by Crippen LogP contribution is 2.22. The first-order valence-electron chi connectivity index (χ1n) is 6.75. The number of carbonyl (C=O) groups excluding carboxylic acids is 2. The van der Waals surface area contributed by atoms with Gasteiger partial charge >= 0.3 is 6.03 Å². The fraction of sp³-hybridized carbons (Fsp3) is 0.214. The van der Waals surface area contributed by atoms with Crippen LogP contribution >= 0.6 is 11.3 Å². The first-order valence-corrected chi connectivity index (χ1v) is 7.63. The Morgan fingerprint density at radius 2 is 2.13 bits per heavy atom. The van der Waals surface area contributed by atoms with Crippen molar-refractivity contribution in [3.05, 3.63) is 41.4 Å². The van der Waals surface area contributed by atoms with E-state index in [1.807, 2.05) is 0 Å². The van der Waals surface area contributed by atoms with E-state index in [4.69, 9.17) is 0 Å². The lowest BCUT2D eigenvalue weighted by Gasteiger charge is -2.18. The minimum atomic E-state index is -1.02. The van der Waals surface area contributed by atoms with Crippen LogP contribution in [0.3, 0.4) is 0 Å². The molecule has 1 N–H and O–H groups in total. The van der Waals surface area contributed by atoms with Crippen LogP contribution in [0.25, 0.3) is 0 Å². The van der Waals surface area contributed by atoms with Gasteiger partial charge in [0, 0.05) is 36.4 Å². The molecule has 0 bridgehead atoms. The topological polar surface area (TPSA) is 65.5 Å². The minimum Gasteiger partial charge on any atom is -0.313 e. The fourth-order valence-corrected chi connectivity index (χ4v) is 2.78. The maximum atomic E-state index is 13.3. The molecular formula is C14H12F2N4O2S. The Kier molecular flexibility index (Phi) is 4.20. The minimum absolute atomic E-state index is 0.126. The standard InChI is InChI=1S/C14H12F2N4O2S/c15-10-2-1-9(7-11(10)16)20-5-4-19(14(20)22)8-12(21)18-13-17-3-6-23-13/h1-3,6-7H,4-5,8H2,(H,17,18,21). The molecule has 2 aromatic rings. The summed E-state index contributed by atoms with van der Waals surface area (Å²) < 4.78 is 26.2. The van der Waals surface area contributed by atoms with E-state index in [0.29, 0.717) is 18.2 Å². The van der Waals surface area contributed by atoms with E-state index in [0.717, 1.165) is 12.1 Å². The number of urea groups is 1. The van der Waals surface area contributed by atoms with Gasteiger partial charge < -0.3 is 10.2 Å². The summed E-state index contributed by atoms with van der Waals surface area (Å²) in [5.41, 5.74) is 0.261. The molecule has 0 saturated carbocycles. The van der Waals surface area contributed by atoms with Crippen LogP contribution < -0.4 is 10.2 Å². The van der Waals surface area contributed by atoms with Crippen LogP contribution in [0.2, 0.25) is 0 Å². The number of halogens is 2. The number of benzene rings is 1. The Hall–Kier alpha value is -2.55. The monoisotopic (exact) mass is 338 g/mol. The molecule has 1 aromatic heterocycles. The fourth-order valence-electron chi connectivity index (χ4n) is 2.24. The van der Waals surface area contributed by atoms with E-state index in [1.165, 1.54) is 27.2 Å². The molecule has 0 radical (unpaired) electrons. The quantitative estimate of drug-likeness (QED) is 0.930. The molecule has 1 aliphatic heterocycles. The molecular weight excluding hydrogens is 326 g/mol. The number of nitrogens with one attached hydrogen (secondary N) is 1. The molecule has 1 fully saturated rings. The molecule has 9 heteroatoms.